The van der Waals surface area contributed by atoms with Gasteiger partial charge in [-0.25, -0.2) is 9.18 Å². The van der Waals surface area contributed by atoms with Crippen LogP contribution in [-0.2, 0) is 11.2 Å². The molecule has 0 saturated heterocycles. The highest BCUT2D eigenvalue weighted by Gasteiger charge is 2.20. The molecule has 1 aromatic rings. The van der Waals surface area contributed by atoms with Gasteiger partial charge in [-0.15, -0.1) is 0 Å². The molecular formula is C14H19FO2. The summed E-state index contributed by atoms with van der Waals surface area (Å²) in [6, 6.07) is 4.60. The van der Waals surface area contributed by atoms with Gasteiger partial charge < -0.3 is 4.74 Å². The van der Waals surface area contributed by atoms with Crippen LogP contribution in [0.25, 0.3) is 0 Å². The summed E-state index contributed by atoms with van der Waals surface area (Å²) < 4.78 is 18.7. The highest BCUT2D eigenvalue weighted by molar-refractivity contribution is 5.90. The Hall–Kier alpha value is -1.38. The maximum absolute atomic E-state index is 13.5. The minimum atomic E-state index is -0.607. The van der Waals surface area contributed by atoms with Crippen molar-refractivity contribution < 1.29 is 13.9 Å². The van der Waals surface area contributed by atoms with E-state index in [1.807, 2.05) is 6.92 Å². The molecule has 3 heteroatoms. The van der Waals surface area contributed by atoms with Crippen molar-refractivity contribution in [1.82, 2.24) is 0 Å². The summed E-state index contributed by atoms with van der Waals surface area (Å²) in [6.45, 7) is 7.33. The van der Waals surface area contributed by atoms with Gasteiger partial charge in [0.1, 0.15) is 11.4 Å². The van der Waals surface area contributed by atoms with Crippen LogP contribution in [0.4, 0.5) is 4.39 Å². The fourth-order valence-corrected chi connectivity index (χ4v) is 1.51. The fourth-order valence-electron chi connectivity index (χ4n) is 1.51. The van der Waals surface area contributed by atoms with Crippen molar-refractivity contribution in [3.05, 3.63) is 35.1 Å². The van der Waals surface area contributed by atoms with E-state index in [1.165, 1.54) is 6.07 Å². The molecule has 0 N–H and O–H groups in total. The molecule has 1 rings (SSSR count). The van der Waals surface area contributed by atoms with Gasteiger partial charge in [0.2, 0.25) is 0 Å². The van der Waals surface area contributed by atoms with Gasteiger partial charge in [0.25, 0.3) is 0 Å². The van der Waals surface area contributed by atoms with Crippen LogP contribution in [0.3, 0.4) is 0 Å². The number of rotatable bonds is 3. The largest absolute Gasteiger partial charge is 0.456 e. The monoisotopic (exact) mass is 238 g/mol. The third-order valence-electron chi connectivity index (χ3n) is 2.19. The van der Waals surface area contributed by atoms with Crippen molar-refractivity contribution in [3.8, 4) is 0 Å². The smallest absolute Gasteiger partial charge is 0.341 e. The molecule has 0 amide bonds. The zero-order valence-corrected chi connectivity index (χ0v) is 10.8. The summed E-state index contributed by atoms with van der Waals surface area (Å²) in [5, 5.41) is 0. The maximum Gasteiger partial charge on any atom is 0.341 e. The van der Waals surface area contributed by atoms with Crippen molar-refractivity contribution in [2.75, 3.05) is 0 Å². The van der Waals surface area contributed by atoms with Gasteiger partial charge in [0.05, 0.1) is 5.56 Å². The zero-order valence-electron chi connectivity index (χ0n) is 10.8. The number of hydrogen-bond acceptors (Lipinski definition) is 2. The van der Waals surface area contributed by atoms with Crippen LogP contribution in [-0.4, -0.2) is 11.6 Å². The molecule has 0 unspecified atom stereocenters. The summed E-state index contributed by atoms with van der Waals surface area (Å²) in [6.07, 6.45) is 1.79. The lowest BCUT2D eigenvalue weighted by atomic mass is 10.1. The molecule has 0 saturated carbocycles. The first-order chi connectivity index (χ1) is 7.83. The maximum atomic E-state index is 13.5. The number of benzene rings is 1. The Morgan fingerprint density at radius 3 is 2.53 bits per heavy atom. The highest BCUT2D eigenvalue weighted by Crippen LogP contribution is 2.17. The average Bonchev–Trinajstić information content (AvgIpc) is 2.18. The molecule has 0 aromatic heterocycles. The van der Waals surface area contributed by atoms with E-state index in [2.05, 4.69) is 0 Å². The summed E-state index contributed by atoms with van der Waals surface area (Å²) in [5.74, 6) is -1.13. The second kappa shape index (κ2) is 5.30. The minimum Gasteiger partial charge on any atom is -0.456 e. The van der Waals surface area contributed by atoms with Crippen LogP contribution in [0.2, 0.25) is 0 Å². The van der Waals surface area contributed by atoms with Crippen LogP contribution >= 0.6 is 0 Å². The second-order valence-corrected chi connectivity index (χ2v) is 5.07. The molecule has 0 heterocycles. The Labute approximate surface area is 102 Å². The standard InChI is InChI=1S/C14H19FO2/c1-5-6-10-7-8-12(15)11(9-10)13(16)17-14(2,3)4/h7-9H,5-6H2,1-4H3. The molecule has 2 nitrogen and oxygen atoms in total. The van der Waals surface area contributed by atoms with Crippen molar-refractivity contribution >= 4 is 5.97 Å². The molecule has 0 radical (unpaired) electrons. The Balaban J connectivity index is 2.95. The first kappa shape index (κ1) is 13.7. The van der Waals surface area contributed by atoms with Crippen LogP contribution < -0.4 is 0 Å². The number of carbonyl (C=O) groups is 1. The third-order valence-corrected chi connectivity index (χ3v) is 2.19. The highest BCUT2D eigenvalue weighted by atomic mass is 19.1. The average molecular weight is 238 g/mol. The van der Waals surface area contributed by atoms with E-state index < -0.39 is 17.4 Å². The van der Waals surface area contributed by atoms with E-state index in [0.29, 0.717) is 0 Å². The molecule has 0 atom stereocenters. The summed E-state index contributed by atoms with van der Waals surface area (Å²) >= 11 is 0. The van der Waals surface area contributed by atoms with E-state index in [9.17, 15) is 9.18 Å². The molecule has 0 aliphatic rings. The number of esters is 1. The molecular weight excluding hydrogens is 219 g/mol. The Morgan fingerprint density at radius 2 is 2.00 bits per heavy atom. The van der Waals surface area contributed by atoms with Crippen LogP contribution in [0, 0.1) is 5.82 Å². The van der Waals surface area contributed by atoms with Gasteiger partial charge >= 0.3 is 5.97 Å². The fraction of sp³-hybridized carbons (Fsp3) is 0.500. The summed E-state index contributed by atoms with van der Waals surface area (Å²) in [4.78, 5) is 11.8. The molecule has 0 spiro atoms. The van der Waals surface area contributed by atoms with Gasteiger partial charge in [-0.3, -0.25) is 0 Å². The SMILES string of the molecule is CCCc1ccc(F)c(C(=O)OC(C)(C)C)c1. The van der Waals surface area contributed by atoms with Crippen molar-refractivity contribution in [3.63, 3.8) is 0 Å². The van der Waals surface area contributed by atoms with Crippen LogP contribution in [0.1, 0.15) is 50.0 Å². The van der Waals surface area contributed by atoms with E-state index in [-0.39, 0.29) is 5.56 Å². The predicted octanol–water partition coefficient (Wildman–Crippen LogP) is 3.73. The number of ether oxygens (including phenoxy) is 1. The van der Waals surface area contributed by atoms with Crippen LogP contribution in [0.15, 0.2) is 18.2 Å². The van der Waals surface area contributed by atoms with Crippen molar-refractivity contribution in [2.24, 2.45) is 0 Å². The van der Waals surface area contributed by atoms with Gasteiger partial charge in [-0.2, -0.15) is 0 Å². The zero-order chi connectivity index (χ0) is 13.1. The lowest BCUT2D eigenvalue weighted by Gasteiger charge is -2.19. The predicted molar refractivity (Wildman–Crippen MR) is 65.6 cm³/mol. The quantitative estimate of drug-likeness (QED) is 0.750. The van der Waals surface area contributed by atoms with Gasteiger partial charge in [0.15, 0.2) is 0 Å². The lowest BCUT2D eigenvalue weighted by Crippen LogP contribution is -2.24. The first-order valence-electron chi connectivity index (χ1n) is 5.85. The van der Waals surface area contributed by atoms with Crippen molar-refractivity contribution in [2.45, 2.75) is 46.1 Å². The first-order valence-corrected chi connectivity index (χ1v) is 5.85. The molecule has 1 aromatic carbocycles. The number of hydrogen-bond donors (Lipinski definition) is 0. The molecule has 94 valence electrons. The van der Waals surface area contributed by atoms with Gasteiger partial charge in [-0.05, 0) is 44.9 Å². The topological polar surface area (TPSA) is 26.3 Å². The third kappa shape index (κ3) is 4.17. The summed E-state index contributed by atoms with van der Waals surface area (Å²) in [5.41, 5.74) is 0.366. The number of halogens is 1. The van der Waals surface area contributed by atoms with Crippen molar-refractivity contribution in [1.29, 1.82) is 0 Å². The van der Waals surface area contributed by atoms with Gasteiger partial charge in [0, 0.05) is 0 Å². The number of aryl methyl sites for hydroxylation is 1. The van der Waals surface area contributed by atoms with E-state index in [1.54, 1.807) is 32.9 Å². The summed E-state index contributed by atoms with van der Waals surface area (Å²) in [7, 11) is 0. The normalized spacial score (nSPS) is 11.4. The Kier molecular flexibility index (Phi) is 4.27. The molecule has 0 aliphatic carbocycles. The number of carbonyl (C=O) groups excluding carboxylic acids is 1. The lowest BCUT2D eigenvalue weighted by molar-refractivity contribution is 0.00646. The Bertz CT molecular complexity index is 405. The molecule has 0 bridgehead atoms. The van der Waals surface area contributed by atoms with E-state index >= 15 is 0 Å². The Morgan fingerprint density at radius 1 is 1.35 bits per heavy atom. The van der Waals surface area contributed by atoms with E-state index in [4.69, 9.17) is 4.74 Å². The molecule has 0 aliphatic heterocycles. The minimum absolute atomic E-state index is 0.0193. The molecule has 17 heavy (non-hydrogen) atoms. The van der Waals surface area contributed by atoms with Crippen LogP contribution in [0.5, 0.6) is 0 Å². The molecule has 0 fully saturated rings. The second-order valence-electron chi connectivity index (χ2n) is 5.07. The van der Waals surface area contributed by atoms with E-state index in [0.717, 1.165) is 18.4 Å². The van der Waals surface area contributed by atoms with Gasteiger partial charge in [-0.1, -0.05) is 19.4 Å².